The zero-order valence-electron chi connectivity index (χ0n) is 19.5. The highest BCUT2D eigenvalue weighted by Gasteiger charge is 2.50. The smallest absolute Gasteiger partial charge is 0.407 e. The van der Waals surface area contributed by atoms with Crippen LogP contribution >= 0.6 is 0 Å². The molecule has 1 unspecified atom stereocenters. The first-order valence-electron chi connectivity index (χ1n) is 10.6. The molecule has 0 saturated carbocycles. The maximum absolute atomic E-state index is 14.8. The summed E-state index contributed by atoms with van der Waals surface area (Å²) in [6, 6.07) is 6.59. The number of halogens is 2. The lowest BCUT2D eigenvalue weighted by atomic mass is 9.96. The van der Waals surface area contributed by atoms with Crippen LogP contribution in [0.2, 0.25) is 0 Å². The van der Waals surface area contributed by atoms with Gasteiger partial charge in [-0.05, 0) is 39.7 Å². The third-order valence-corrected chi connectivity index (χ3v) is 4.20. The van der Waals surface area contributed by atoms with Gasteiger partial charge in [0.1, 0.15) is 18.2 Å². The number of hydrogen-bond acceptors (Lipinski definition) is 7. The maximum atomic E-state index is 14.8. The molecule has 0 aromatic heterocycles. The minimum Gasteiger partial charge on any atom is -0.465 e. The van der Waals surface area contributed by atoms with E-state index in [1.807, 2.05) is 0 Å². The largest absolute Gasteiger partial charge is 0.465 e. The summed E-state index contributed by atoms with van der Waals surface area (Å²) in [4.78, 5) is 47.2. The number of benzene rings is 1. The number of hydrogen-bond donors (Lipinski definition) is 4. The predicted molar refractivity (Wildman–Crippen MR) is 117 cm³/mol. The lowest BCUT2D eigenvalue weighted by Crippen LogP contribution is -2.59. The van der Waals surface area contributed by atoms with E-state index in [1.165, 1.54) is 0 Å². The Hall–Kier alpha value is -3.28. The van der Waals surface area contributed by atoms with Crippen LogP contribution in [-0.4, -0.2) is 72.3 Å². The van der Waals surface area contributed by atoms with E-state index in [-0.39, 0.29) is 13.0 Å². The molecule has 4 N–H and O–H groups in total. The minimum atomic E-state index is -4.38. The van der Waals surface area contributed by atoms with Crippen LogP contribution in [0.15, 0.2) is 30.3 Å². The second kappa shape index (κ2) is 12.8. The summed E-state index contributed by atoms with van der Waals surface area (Å²) in [6.07, 6.45) is -3.94. The predicted octanol–water partition coefficient (Wildman–Crippen LogP) is 0.914. The zero-order chi connectivity index (χ0) is 25.9. The molecule has 1 aromatic carbocycles. The molecule has 0 bridgehead atoms. The first-order chi connectivity index (χ1) is 15.8. The number of rotatable bonds is 11. The summed E-state index contributed by atoms with van der Waals surface area (Å²) in [5, 5.41) is 16.4. The van der Waals surface area contributed by atoms with E-state index >= 15 is 0 Å². The molecule has 0 saturated heterocycles. The number of nitrogens with one attached hydrogen (secondary N) is 3. The molecule has 2 atom stereocenters. The lowest BCUT2D eigenvalue weighted by Gasteiger charge is -2.30. The Balaban J connectivity index is 2.86. The van der Waals surface area contributed by atoms with Crippen molar-refractivity contribution in [1.29, 1.82) is 0 Å². The molecular weight excluding hydrogens is 456 g/mol. The molecule has 0 aliphatic rings. The SMILES string of the molecule is CCOC(=O)CNC(=O)CNC(=O)C(F)(F)C(O)[C@H](Cc1ccccc1)NC(=O)OC(C)(C)C. The van der Waals surface area contributed by atoms with Gasteiger partial charge in [0.2, 0.25) is 5.91 Å². The Bertz CT molecular complexity index is 845. The molecule has 0 radical (unpaired) electrons. The van der Waals surface area contributed by atoms with Gasteiger partial charge in [-0.3, -0.25) is 14.4 Å². The second-order valence-electron chi connectivity index (χ2n) is 8.27. The van der Waals surface area contributed by atoms with Gasteiger partial charge >= 0.3 is 18.0 Å². The van der Waals surface area contributed by atoms with E-state index in [0.717, 1.165) is 0 Å². The number of esters is 1. The van der Waals surface area contributed by atoms with Crippen molar-refractivity contribution >= 4 is 23.9 Å². The fourth-order valence-electron chi connectivity index (χ4n) is 2.68. The van der Waals surface area contributed by atoms with Crippen molar-refractivity contribution < 1.29 is 42.5 Å². The van der Waals surface area contributed by atoms with Crippen LogP contribution in [-0.2, 0) is 30.3 Å². The number of ether oxygens (including phenoxy) is 2. The third kappa shape index (κ3) is 10.1. The van der Waals surface area contributed by atoms with Gasteiger partial charge in [-0.25, -0.2) is 4.79 Å². The Morgan fingerprint density at radius 3 is 2.21 bits per heavy atom. The highest BCUT2D eigenvalue weighted by Crippen LogP contribution is 2.24. The maximum Gasteiger partial charge on any atom is 0.407 e. The van der Waals surface area contributed by atoms with Crippen LogP contribution in [0.3, 0.4) is 0 Å². The molecule has 0 fully saturated rings. The van der Waals surface area contributed by atoms with Crippen molar-refractivity contribution in [1.82, 2.24) is 16.0 Å². The van der Waals surface area contributed by atoms with Crippen molar-refractivity contribution in [2.75, 3.05) is 19.7 Å². The van der Waals surface area contributed by atoms with Crippen LogP contribution in [0, 0.1) is 0 Å². The zero-order valence-corrected chi connectivity index (χ0v) is 19.5. The van der Waals surface area contributed by atoms with Gasteiger partial charge in [0.25, 0.3) is 5.91 Å². The molecular formula is C22H31F2N3O7. The molecule has 0 aliphatic heterocycles. The van der Waals surface area contributed by atoms with Crippen LogP contribution in [0.25, 0.3) is 0 Å². The molecule has 0 heterocycles. The molecule has 10 nitrogen and oxygen atoms in total. The summed E-state index contributed by atoms with van der Waals surface area (Å²) < 4.78 is 39.2. The van der Waals surface area contributed by atoms with Crippen LogP contribution in [0.5, 0.6) is 0 Å². The van der Waals surface area contributed by atoms with Crippen molar-refractivity contribution in [2.45, 2.75) is 57.8 Å². The normalized spacial score (nSPS) is 13.3. The van der Waals surface area contributed by atoms with Gasteiger partial charge in [-0.1, -0.05) is 30.3 Å². The van der Waals surface area contributed by atoms with Crippen LogP contribution in [0.1, 0.15) is 33.3 Å². The van der Waals surface area contributed by atoms with Crippen molar-refractivity contribution in [3.05, 3.63) is 35.9 Å². The molecule has 0 aliphatic carbocycles. The first-order valence-corrected chi connectivity index (χ1v) is 10.6. The highest BCUT2D eigenvalue weighted by molar-refractivity contribution is 5.90. The summed E-state index contributed by atoms with van der Waals surface area (Å²) in [5.41, 5.74) is -0.416. The number of carbonyl (C=O) groups excluding carboxylic acids is 4. The summed E-state index contributed by atoms with van der Waals surface area (Å²) >= 11 is 0. The van der Waals surface area contributed by atoms with Gasteiger partial charge in [0.05, 0.1) is 19.2 Å². The van der Waals surface area contributed by atoms with Gasteiger partial charge < -0.3 is 30.5 Å². The number of aliphatic hydroxyl groups excluding tert-OH is 1. The summed E-state index contributed by atoms with van der Waals surface area (Å²) in [5.74, 6) is -7.97. The van der Waals surface area contributed by atoms with Crippen LogP contribution < -0.4 is 16.0 Å². The fourth-order valence-corrected chi connectivity index (χ4v) is 2.68. The highest BCUT2D eigenvalue weighted by atomic mass is 19.3. The van der Waals surface area contributed by atoms with Gasteiger partial charge in [-0.15, -0.1) is 0 Å². The molecule has 12 heteroatoms. The Kier molecular flexibility index (Phi) is 10.8. The van der Waals surface area contributed by atoms with Gasteiger partial charge in [-0.2, -0.15) is 8.78 Å². The van der Waals surface area contributed by atoms with E-state index in [2.05, 4.69) is 15.4 Å². The van der Waals surface area contributed by atoms with E-state index < -0.39 is 60.6 Å². The average molecular weight is 488 g/mol. The minimum absolute atomic E-state index is 0.0943. The molecule has 1 aromatic rings. The van der Waals surface area contributed by atoms with E-state index in [9.17, 15) is 33.1 Å². The topological polar surface area (TPSA) is 143 Å². The molecule has 3 amide bonds. The van der Waals surface area contributed by atoms with E-state index in [1.54, 1.807) is 63.3 Å². The van der Waals surface area contributed by atoms with E-state index in [0.29, 0.717) is 5.56 Å². The lowest BCUT2D eigenvalue weighted by molar-refractivity contribution is -0.167. The van der Waals surface area contributed by atoms with Crippen molar-refractivity contribution in [2.24, 2.45) is 0 Å². The van der Waals surface area contributed by atoms with Gasteiger partial charge in [0, 0.05) is 0 Å². The molecule has 1 rings (SSSR count). The number of alkyl carbamates (subject to hydrolysis) is 1. The quantitative estimate of drug-likeness (QED) is 0.340. The fraction of sp³-hybridized carbons (Fsp3) is 0.545. The monoisotopic (exact) mass is 487 g/mol. The number of carbonyl (C=O) groups is 4. The third-order valence-electron chi connectivity index (χ3n) is 4.20. The summed E-state index contributed by atoms with van der Waals surface area (Å²) in [7, 11) is 0. The molecule has 190 valence electrons. The summed E-state index contributed by atoms with van der Waals surface area (Å²) in [6.45, 7) is 5.01. The molecule has 0 spiro atoms. The number of alkyl halides is 2. The second-order valence-corrected chi connectivity index (χ2v) is 8.27. The van der Waals surface area contributed by atoms with Crippen LogP contribution in [0.4, 0.5) is 13.6 Å². The van der Waals surface area contributed by atoms with Crippen molar-refractivity contribution in [3.63, 3.8) is 0 Å². The Morgan fingerprint density at radius 1 is 1.03 bits per heavy atom. The van der Waals surface area contributed by atoms with Gasteiger partial charge in [0.15, 0.2) is 0 Å². The Morgan fingerprint density at radius 2 is 1.65 bits per heavy atom. The number of aliphatic hydroxyl groups is 1. The Labute approximate surface area is 196 Å². The first kappa shape index (κ1) is 28.8. The standard InChI is InChI=1S/C22H31F2N3O7/c1-5-33-17(29)13-25-16(28)12-26-19(31)22(23,24)18(30)15(11-14-9-7-6-8-10-14)27-20(32)34-21(2,3)4/h6-10,15,18,30H,5,11-13H2,1-4H3,(H,25,28)(H,26,31)(H,27,32)/t15-,18?/m0/s1. The number of amides is 3. The van der Waals surface area contributed by atoms with E-state index in [4.69, 9.17) is 4.74 Å². The van der Waals surface area contributed by atoms with Crippen molar-refractivity contribution in [3.8, 4) is 0 Å². The molecule has 34 heavy (non-hydrogen) atoms. The average Bonchev–Trinajstić information content (AvgIpc) is 2.74.